The van der Waals surface area contributed by atoms with Crippen LogP contribution in [0.3, 0.4) is 0 Å². The molecule has 2 aromatic carbocycles. The molecule has 0 bridgehead atoms. The van der Waals surface area contributed by atoms with E-state index in [4.69, 9.17) is 0 Å². The third-order valence-electron chi connectivity index (χ3n) is 3.43. The largest absolute Gasteiger partial charge is 0.348 e. The van der Waals surface area contributed by atoms with Gasteiger partial charge < -0.3 is 5.32 Å². The fraction of sp³-hybridized carbons (Fsp3) is 0.0526. The fourth-order valence-electron chi connectivity index (χ4n) is 2.32. The van der Waals surface area contributed by atoms with E-state index in [9.17, 15) is 9.18 Å². The predicted molar refractivity (Wildman–Crippen MR) is 89.0 cm³/mol. The van der Waals surface area contributed by atoms with Crippen molar-refractivity contribution in [2.45, 2.75) is 6.54 Å². The van der Waals surface area contributed by atoms with Crippen LogP contribution in [-0.4, -0.2) is 10.9 Å². The molecule has 0 radical (unpaired) electrons. The molecule has 114 valence electrons. The van der Waals surface area contributed by atoms with Gasteiger partial charge >= 0.3 is 0 Å². The molecule has 1 aromatic heterocycles. The van der Waals surface area contributed by atoms with E-state index < -0.39 is 0 Å². The number of pyridine rings is 1. The number of halogens is 1. The van der Waals surface area contributed by atoms with Gasteiger partial charge in [-0.3, -0.25) is 9.78 Å². The summed E-state index contributed by atoms with van der Waals surface area (Å²) in [4.78, 5) is 16.2. The van der Waals surface area contributed by atoms with Crippen molar-refractivity contribution in [1.82, 2.24) is 10.3 Å². The van der Waals surface area contributed by atoms with Crippen molar-refractivity contribution in [3.05, 3.63) is 83.8 Å². The lowest BCUT2D eigenvalue weighted by molar-refractivity contribution is -0.116. The zero-order valence-corrected chi connectivity index (χ0v) is 12.4. The molecule has 0 aliphatic rings. The number of para-hydroxylation sites is 1. The number of fused-ring (bicyclic) bond motifs is 1. The molecule has 0 spiro atoms. The highest BCUT2D eigenvalue weighted by Gasteiger charge is 2.01. The van der Waals surface area contributed by atoms with E-state index in [1.165, 1.54) is 18.2 Å². The van der Waals surface area contributed by atoms with Gasteiger partial charge in [0, 0.05) is 29.8 Å². The summed E-state index contributed by atoms with van der Waals surface area (Å²) in [5.41, 5.74) is 2.45. The van der Waals surface area contributed by atoms with Crippen molar-refractivity contribution < 1.29 is 9.18 Å². The van der Waals surface area contributed by atoms with Crippen LogP contribution in [0.1, 0.15) is 11.1 Å². The smallest absolute Gasteiger partial charge is 0.244 e. The number of hydrogen-bond acceptors (Lipinski definition) is 2. The van der Waals surface area contributed by atoms with E-state index in [1.54, 1.807) is 24.4 Å². The van der Waals surface area contributed by atoms with Gasteiger partial charge in [-0.1, -0.05) is 36.4 Å². The van der Waals surface area contributed by atoms with E-state index in [1.807, 2.05) is 30.3 Å². The van der Waals surface area contributed by atoms with Gasteiger partial charge in [-0.2, -0.15) is 0 Å². The minimum absolute atomic E-state index is 0.234. The second-order valence-corrected chi connectivity index (χ2v) is 5.10. The Morgan fingerprint density at radius 3 is 2.83 bits per heavy atom. The number of amides is 1. The molecule has 1 amide bonds. The van der Waals surface area contributed by atoms with Gasteiger partial charge in [0.2, 0.25) is 5.91 Å². The third-order valence-corrected chi connectivity index (χ3v) is 3.43. The van der Waals surface area contributed by atoms with Crippen LogP contribution in [0, 0.1) is 5.82 Å². The topological polar surface area (TPSA) is 42.0 Å². The Kier molecular flexibility index (Phi) is 4.43. The van der Waals surface area contributed by atoms with Crippen LogP contribution >= 0.6 is 0 Å². The van der Waals surface area contributed by atoms with Gasteiger partial charge in [0.1, 0.15) is 5.82 Å². The molecule has 1 N–H and O–H groups in total. The first-order chi connectivity index (χ1) is 11.2. The number of carbonyl (C=O) groups excluding carboxylic acids is 1. The number of nitrogens with one attached hydrogen (secondary N) is 1. The van der Waals surface area contributed by atoms with Crippen molar-refractivity contribution in [3.63, 3.8) is 0 Å². The minimum atomic E-state index is -0.311. The van der Waals surface area contributed by atoms with Crippen LogP contribution in [-0.2, 0) is 11.3 Å². The molecule has 1 heterocycles. The maximum atomic E-state index is 13.1. The second kappa shape index (κ2) is 6.83. The molecule has 0 fully saturated rings. The second-order valence-electron chi connectivity index (χ2n) is 5.10. The van der Waals surface area contributed by atoms with Crippen LogP contribution < -0.4 is 5.32 Å². The van der Waals surface area contributed by atoms with Gasteiger partial charge in [0.15, 0.2) is 0 Å². The number of nitrogens with zero attached hydrogens (tertiary/aromatic N) is 1. The first-order valence-electron chi connectivity index (χ1n) is 7.26. The Morgan fingerprint density at radius 2 is 1.96 bits per heavy atom. The summed E-state index contributed by atoms with van der Waals surface area (Å²) in [5.74, 6) is -0.545. The molecule has 0 aliphatic carbocycles. The normalized spacial score (nSPS) is 11.0. The quantitative estimate of drug-likeness (QED) is 0.747. The van der Waals surface area contributed by atoms with Gasteiger partial charge in [0.25, 0.3) is 0 Å². The maximum Gasteiger partial charge on any atom is 0.244 e. The van der Waals surface area contributed by atoms with E-state index in [2.05, 4.69) is 10.3 Å². The van der Waals surface area contributed by atoms with Crippen molar-refractivity contribution in [3.8, 4) is 0 Å². The monoisotopic (exact) mass is 306 g/mol. The summed E-state index contributed by atoms with van der Waals surface area (Å²) in [6.07, 6.45) is 4.92. The summed E-state index contributed by atoms with van der Waals surface area (Å²) in [5, 5.41) is 3.75. The highest BCUT2D eigenvalue weighted by atomic mass is 19.1. The predicted octanol–water partition coefficient (Wildman–Crippen LogP) is 3.70. The molecule has 3 rings (SSSR count). The van der Waals surface area contributed by atoms with Gasteiger partial charge in [-0.05, 0) is 29.8 Å². The van der Waals surface area contributed by atoms with E-state index in [-0.39, 0.29) is 18.3 Å². The van der Waals surface area contributed by atoms with Crippen molar-refractivity contribution in [2.75, 3.05) is 0 Å². The average molecular weight is 306 g/mol. The fourth-order valence-corrected chi connectivity index (χ4v) is 2.32. The number of carbonyl (C=O) groups is 1. The molecule has 3 nitrogen and oxygen atoms in total. The van der Waals surface area contributed by atoms with Crippen molar-refractivity contribution >= 4 is 22.9 Å². The molecular formula is C19H15FN2O. The lowest BCUT2D eigenvalue weighted by atomic mass is 10.1. The Morgan fingerprint density at radius 1 is 1.13 bits per heavy atom. The van der Waals surface area contributed by atoms with Crippen molar-refractivity contribution in [2.24, 2.45) is 0 Å². The summed E-state index contributed by atoms with van der Waals surface area (Å²) in [6.45, 7) is 0.286. The highest BCUT2D eigenvalue weighted by Crippen LogP contribution is 2.16. The first-order valence-corrected chi connectivity index (χ1v) is 7.26. The lowest BCUT2D eigenvalue weighted by Crippen LogP contribution is -2.20. The number of hydrogen-bond donors (Lipinski definition) is 1. The SMILES string of the molecule is O=C(/C=C/c1cccc2cccnc12)NCc1cccc(F)c1. The van der Waals surface area contributed by atoms with Gasteiger partial charge in [-0.15, -0.1) is 0 Å². The Labute approximate surface area is 133 Å². The summed E-state index contributed by atoms with van der Waals surface area (Å²) in [7, 11) is 0. The average Bonchev–Trinajstić information content (AvgIpc) is 2.58. The minimum Gasteiger partial charge on any atom is -0.348 e. The molecule has 23 heavy (non-hydrogen) atoms. The summed E-state index contributed by atoms with van der Waals surface area (Å²) < 4.78 is 13.1. The Hall–Kier alpha value is -3.01. The van der Waals surface area contributed by atoms with Crippen LogP contribution in [0.2, 0.25) is 0 Å². The molecule has 4 heteroatoms. The molecule has 0 saturated carbocycles. The maximum absolute atomic E-state index is 13.1. The Bertz CT molecular complexity index is 869. The molecule has 0 aliphatic heterocycles. The summed E-state index contributed by atoms with van der Waals surface area (Å²) >= 11 is 0. The molecule has 3 aromatic rings. The molecule has 0 atom stereocenters. The molecule has 0 saturated heterocycles. The zero-order chi connectivity index (χ0) is 16.1. The molecular weight excluding hydrogens is 291 g/mol. The Balaban J connectivity index is 1.68. The van der Waals surface area contributed by atoms with E-state index in [0.29, 0.717) is 0 Å². The molecule has 0 unspecified atom stereocenters. The first kappa shape index (κ1) is 14.9. The lowest BCUT2D eigenvalue weighted by Gasteiger charge is -2.03. The number of rotatable bonds is 4. The standard InChI is InChI=1S/C19H15FN2O/c20-17-8-1-4-14(12-17)13-22-18(23)10-9-16-6-2-5-15-7-3-11-21-19(15)16/h1-12H,13H2,(H,22,23)/b10-9+. The third kappa shape index (κ3) is 3.80. The highest BCUT2D eigenvalue weighted by molar-refractivity contribution is 5.95. The van der Waals surface area contributed by atoms with E-state index in [0.717, 1.165) is 22.0 Å². The number of aromatic nitrogens is 1. The number of benzene rings is 2. The van der Waals surface area contributed by atoms with Crippen LogP contribution in [0.25, 0.3) is 17.0 Å². The van der Waals surface area contributed by atoms with E-state index >= 15 is 0 Å². The van der Waals surface area contributed by atoms with Crippen molar-refractivity contribution in [1.29, 1.82) is 0 Å². The summed E-state index contributed by atoms with van der Waals surface area (Å²) in [6, 6.07) is 15.8. The van der Waals surface area contributed by atoms with Crippen LogP contribution in [0.5, 0.6) is 0 Å². The van der Waals surface area contributed by atoms with Crippen LogP contribution in [0.15, 0.2) is 66.9 Å². The van der Waals surface area contributed by atoms with Crippen LogP contribution in [0.4, 0.5) is 4.39 Å². The van der Waals surface area contributed by atoms with Gasteiger partial charge in [-0.25, -0.2) is 4.39 Å². The zero-order valence-electron chi connectivity index (χ0n) is 12.4. The van der Waals surface area contributed by atoms with Gasteiger partial charge in [0.05, 0.1) is 5.52 Å².